The number of benzene rings is 1. The fourth-order valence-electron chi connectivity index (χ4n) is 1.93. The van der Waals surface area contributed by atoms with Crippen molar-refractivity contribution in [2.24, 2.45) is 5.92 Å². The summed E-state index contributed by atoms with van der Waals surface area (Å²) in [4.78, 5) is 0.344. The highest BCUT2D eigenvalue weighted by Crippen LogP contribution is 2.19. The zero-order valence-corrected chi connectivity index (χ0v) is 12.8. The number of ether oxygens (including phenoxy) is 1. The van der Waals surface area contributed by atoms with Crippen LogP contribution in [-0.2, 0) is 9.84 Å². The van der Waals surface area contributed by atoms with Gasteiger partial charge in [-0.05, 0) is 37.2 Å². The van der Waals surface area contributed by atoms with Gasteiger partial charge in [-0.2, -0.15) is 0 Å². The van der Waals surface area contributed by atoms with E-state index in [0.29, 0.717) is 16.6 Å². The third-order valence-electron chi connectivity index (χ3n) is 3.52. The standard InChI is InChI=1S/C14H23NO3S/c1-5-11(2)14(15-3)10-19(16,17)13-8-6-12(18-4)7-9-13/h6-9,11,14-15H,5,10H2,1-4H3. The molecule has 1 aromatic rings. The van der Waals surface area contributed by atoms with Crippen LogP contribution in [0.2, 0.25) is 0 Å². The Hall–Kier alpha value is -1.07. The van der Waals surface area contributed by atoms with Crippen molar-refractivity contribution in [3.63, 3.8) is 0 Å². The molecule has 1 aromatic carbocycles. The molecule has 0 bridgehead atoms. The van der Waals surface area contributed by atoms with E-state index in [-0.39, 0.29) is 11.8 Å². The van der Waals surface area contributed by atoms with Gasteiger partial charge in [0, 0.05) is 6.04 Å². The molecule has 0 aromatic heterocycles. The number of methoxy groups -OCH3 is 1. The third-order valence-corrected chi connectivity index (χ3v) is 5.31. The first-order chi connectivity index (χ1) is 8.94. The Labute approximate surface area is 116 Å². The lowest BCUT2D eigenvalue weighted by molar-refractivity contribution is 0.412. The molecule has 0 spiro atoms. The lowest BCUT2D eigenvalue weighted by Crippen LogP contribution is -2.38. The molecule has 0 heterocycles. The topological polar surface area (TPSA) is 55.4 Å². The summed E-state index contributed by atoms with van der Waals surface area (Å²) in [6.07, 6.45) is 0.948. The van der Waals surface area contributed by atoms with Crippen molar-refractivity contribution in [3.8, 4) is 5.75 Å². The third kappa shape index (κ3) is 4.21. The van der Waals surface area contributed by atoms with Crippen molar-refractivity contribution >= 4 is 9.84 Å². The molecule has 4 nitrogen and oxygen atoms in total. The molecule has 1 rings (SSSR count). The molecule has 0 aliphatic rings. The monoisotopic (exact) mass is 285 g/mol. The van der Waals surface area contributed by atoms with Crippen LogP contribution in [-0.4, -0.2) is 34.4 Å². The van der Waals surface area contributed by atoms with Crippen molar-refractivity contribution in [2.45, 2.75) is 31.2 Å². The van der Waals surface area contributed by atoms with Gasteiger partial charge in [0.15, 0.2) is 9.84 Å². The van der Waals surface area contributed by atoms with Crippen molar-refractivity contribution in [2.75, 3.05) is 19.9 Å². The second kappa shape index (κ2) is 6.91. The quantitative estimate of drug-likeness (QED) is 0.833. The first-order valence-electron chi connectivity index (χ1n) is 6.48. The maximum absolute atomic E-state index is 12.3. The number of hydrogen-bond acceptors (Lipinski definition) is 4. The van der Waals surface area contributed by atoms with Gasteiger partial charge in [0.2, 0.25) is 0 Å². The van der Waals surface area contributed by atoms with Crippen LogP contribution in [0.1, 0.15) is 20.3 Å². The van der Waals surface area contributed by atoms with Gasteiger partial charge >= 0.3 is 0 Å². The highest BCUT2D eigenvalue weighted by atomic mass is 32.2. The Balaban J connectivity index is 2.90. The van der Waals surface area contributed by atoms with Crippen molar-refractivity contribution in [1.82, 2.24) is 5.32 Å². The SMILES string of the molecule is CCC(C)C(CS(=O)(=O)c1ccc(OC)cc1)NC. The van der Waals surface area contributed by atoms with Crippen molar-refractivity contribution < 1.29 is 13.2 Å². The van der Waals surface area contributed by atoms with E-state index >= 15 is 0 Å². The molecule has 0 amide bonds. The molecule has 1 N–H and O–H groups in total. The van der Waals surface area contributed by atoms with Crippen molar-refractivity contribution in [1.29, 1.82) is 0 Å². The fourth-order valence-corrected chi connectivity index (χ4v) is 3.64. The summed E-state index contributed by atoms with van der Waals surface area (Å²) in [6.45, 7) is 4.12. The Kier molecular flexibility index (Phi) is 5.82. The lowest BCUT2D eigenvalue weighted by atomic mass is 10.0. The molecule has 2 unspecified atom stereocenters. The van der Waals surface area contributed by atoms with Crippen molar-refractivity contribution in [3.05, 3.63) is 24.3 Å². The molecule has 0 radical (unpaired) electrons. The molecule has 0 fully saturated rings. The molecular formula is C14H23NO3S. The van der Waals surface area contributed by atoms with E-state index in [1.807, 2.05) is 0 Å². The Morgan fingerprint density at radius 2 is 1.84 bits per heavy atom. The predicted octanol–water partition coefficient (Wildman–Crippen LogP) is 2.10. The van der Waals surface area contributed by atoms with Crippen LogP contribution in [0.15, 0.2) is 29.2 Å². The van der Waals surface area contributed by atoms with Crippen LogP contribution in [0, 0.1) is 5.92 Å². The Morgan fingerprint density at radius 3 is 2.26 bits per heavy atom. The summed E-state index contributed by atoms with van der Waals surface area (Å²) in [6, 6.07) is 6.50. The molecule has 5 heteroatoms. The van der Waals surface area contributed by atoms with Gasteiger partial charge in [0.25, 0.3) is 0 Å². The molecule has 2 atom stereocenters. The Morgan fingerprint density at radius 1 is 1.26 bits per heavy atom. The first-order valence-corrected chi connectivity index (χ1v) is 8.14. The van der Waals surface area contributed by atoms with E-state index in [1.54, 1.807) is 38.4 Å². The van der Waals surface area contributed by atoms with Gasteiger partial charge < -0.3 is 10.1 Å². The second-order valence-corrected chi connectivity index (χ2v) is 6.77. The zero-order chi connectivity index (χ0) is 14.5. The summed E-state index contributed by atoms with van der Waals surface area (Å²) in [5.41, 5.74) is 0. The highest BCUT2D eigenvalue weighted by Gasteiger charge is 2.23. The number of hydrogen-bond donors (Lipinski definition) is 1. The molecule has 19 heavy (non-hydrogen) atoms. The summed E-state index contributed by atoms with van der Waals surface area (Å²) < 4.78 is 29.7. The smallest absolute Gasteiger partial charge is 0.179 e. The molecule has 0 saturated carbocycles. The summed E-state index contributed by atoms with van der Waals surface area (Å²) in [5.74, 6) is 1.09. The van der Waals surface area contributed by atoms with Gasteiger partial charge in [0.1, 0.15) is 5.75 Å². The minimum absolute atomic E-state index is 0.0305. The average Bonchev–Trinajstić information content (AvgIpc) is 2.44. The Bertz CT molecular complexity index is 482. The van der Waals surface area contributed by atoms with Gasteiger partial charge in [-0.1, -0.05) is 20.3 Å². The second-order valence-electron chi connectivity index (χ2n) is 4.74. The minimum atomic E-state index is -3.27. The molecule has 0 aliphatic carbocycles. The number of nitrogens with one attached hydrogen (secondary N) is 1. The summed E-state index contributed by atoms with van der Waals surface area (Å²) >= 11 is 0. The van der Waals surface area contributed by atoms with E-state index < -0.39 is 9.84 Å². The van der Waals surface area contributed by atoms with Crippen LogP contribution >= 0.6 is 0 Å². The van der Waals surface area contributed by atoms with Crippen LogP contribution in [0.3, 0.4) is 0 Å². The lowest BCUT2D eigenvalue weighted by Gasteiger charge is -2.22. The summed E-state index contributed by atoms with van der Waals surface area (Å²) in [7, 11) is 0.0952. The molecule has 0 saturated heterocycles. The van der Waals surface area contributed by atoms with E-state index in [9.17, 15) is 8.42 Å². The van der Waals surface area contributed by atoms with Crippen LogP contribution in [0.25, 0.3) is 0 Å². The van der Waals surface area contributed by atoms with E-state index in [2.05, 4.69) is 19.2 Å². The molecule has 0 aliphatic heterocycles. The van der Waals surface area contributed by atoms with E-state index in [4.69, 9.17) is 4.74 Å². The largest absolute Gasteiger partial charge is 0.497 e. The van der Waals surface area contributed by atoms with Gasteiger partial charge in [-0.15, -0.1) is 0 Å². The average molecular weight is 285 g/mol. The molecule has 108 valence electrons. The highest BCUT2D eigenvalue weighted by molar-refractivity contribution is 7.91. The van der Waals surface area contributed by atoms with Gasteiger partial charge in [-0.25, -0.2) is 8.42 Å². The predicted molar refractivity (Wildman–Crippen MR) is 77.3 cm³/mol. The molecular weight excluding hydrogens is 262 g/mol. The summed E-state index contributed by atoms with van der Waals surface area (Å²) in [5, 5.41) is 3.10. The van der Waals surface area contributed by atoms with Crippen LogP contribution < -0.4 is 10.1 Å². The van der Waals surface area contributed by atoms with Crippen LogP contribution in [0.4, 0.5) is 0 Å². The van der Waals surface area contributed by atoms with Crippen LogP contribution in [0.5, 0.6) is 5.75 Å². The van der Waals surface area contributed by atoms with E-state index in [0.717, 1.165) is 6.42 Å². The maximum atomic E-state index is 12.3. The zero-order valence-electron chi connectivity index (χ0n) is 12.0. The number of sulfone groups is 1. The van der Waals surface area contributed by atoms with E-state index in [1.165, 1.54) is 0 Å². The fraction of sp³-hybridized carbons (Fsp3) is 0.571. The normalized spacial score (nSPS) is 14.9. The maximum Gasteiger partial charge on any atom is 0.179 e. The van der Waals surface area contributed by atoms with Gasteiger partial charge in [-0.3, -0.25) is 0 Å². The first kappa shape index (κ1) is 16.0. The number of rotatable bonds is 7. The van der Waals surface area contributed by atoms with Gasteiger partial charge in [0.05, 0.1) is 17.8 Å². The minimum Gasteiger partial charge on any atom is -0.497 e.